The highest BCUT2D eigenvalue weighted by molar-refractivity contribution is 8.16. The number of anilines is 1. The number of phenolic OH excluding ortho intramolecular Hbond substituents is 1. The quantitative estimate of drug-likeness (QED) is 0.221. The highest BCUT2D eigenvalue weighted by Gasteiger charge is 2.31. The third-order valence-electron chi connectivity index (χ3n) is 5.33. The number of rotatable bonds is 7. The van der Waals surface area contributed by atoms with Crippen molar-refractivity contribution < 1.29 is 23.0 Å². The number of ether oxygens (including phenoxy) is 1. The number of phenols is 1. The minimum absolute atomic E-state index is 0.218. The van der Waals surface area contributed by atoms with Crippen molar-refractivity contribution in [2.45, 2.75) is 20.2 Å². The molecule has 0 aromatic heterocycles. The molecular weight excluding hydrogens is 517 g/mol. The van der Waals surface area contributed by atoms with Crippen molar-refractivity contribution in [2.75, 3.05) is 10.8 Å². The number of hydrogen-bond acceptors (Lipinski definition) is 6. The van der Waals surface area contributed by atoms with Crippen molar-refractivity contribution in [3.63, 3.8) is 0 Å². The van der Waals surface area contributed by atoms with Crippen molar-refractivity contribution >= 4 is 46.7 Å². The molecule has 8 nitrogen and oxygen atoms in total. The van der Waals surface area contributed by atoms with Crippen LogP contribution in [0.2, 0.25) is 0 Å². The zero-order valence-electron chi connectivity index (χ0n) is 20.3. The molecular formula is C26H23F3N6O2S. The summed E-state index contributed by atoms with van der Waals surface area (Å²) in [5.74, 6) is 0.884. The fraction of sp³-hybridized carbons (Fsp3) is 0.154. The first kappa shape index (κ1) is 26.7. The maximum absolute atomic E-state index is 12.2. The lowest BCUT2D eigenvalue weighted by atomic mass is 10.1. The number of nitrogens with two attached hydrogens (primary N) is 1. The Balaban J connectivity index is 1.35. The predicted molar refractivity (Wildman–Crippen MR) is 146 cm³/mol. The number of alkyl halides is 3. The van der Waals surface area contributed by atoms with Gasteiger partial charge in [-0.15, -0.1) is 18.3 Å². The number of hydrogen-bond donors (Lipinski definition) is 2. The smallest absolute Gasteiger partial charge is 0.508 e. The number of aromatic hydroxyl groups is 1. The Labute approximate surface area is 221 Å². The number of nitrogens with zero attached hydrogens (tertiary/aromatic N) is 5. The highest BCUT2D eigenvalue weighted by Crippen LogP contribution is 2.36. The molecule has 3 aromatic carbocycles. The minimum Gasteiger partial charge on any atom is -0.508 e. The number of halogens is 3. The summed E-state index contributed by atoms with van der Waals surface area (Å²) < 4.78 is 40.5. The first-order valence-electron chi connectivity index (χ1n) is 11.2. The fourth-order valence-corrected chi connectivity index (χ4v) is 4.34. The van der Waals surface area contributed by atoms with Gasteiger partial charge in [0.05, 0.1) is 17.8 Å². The van der Waals surface area contributed by atoms with Crippen LogP contribution in [-0.2, 0) is 0 Å². The molecule has 196 valence electrons. The van der Waals surface area contributed by atoms with Crippen LogP contribution < -0.4 is 15.4 Å². The molecule has 0 bridgehead atoms. The van der Waals surface area contributed by atoms with Crippen molar-refractivity contribution in [2.24, 2.45) is 25.9 Å². The van der Waals surface area contributed by atoms with Crippen LogP contribution in [0.25, 0.3) is 0 Å². The van der Waals surface area contributed by atoms with Gasteiger partial charge in [0.25, 0.3) is 0 Å². The van der Waals surface area contributed by atoms with E-state index in [0.717, 1.165) is 45.6 Å². The molecule has 1 saturated heterocycles. The topological polar surface area (TPSA) is 108 Å². The van der Waals surface area contributed by atoms with Crippen LogP contribution in [0.1, 0.15) is 22.3 Å². The maximum atomic E-state index is 12.2. The molecule has 3 aromatic rings. The van der Waals surface area contributed by atoms with Gasteiger partial charge in [0.15, 0.2) is 5.17 Å². The Hall–Kier alpha value is -4.32. The Kier molecular flexibility index (Phi) is 8.01. The van der Waals surface area contributed by atoms with Crippen LogP contribution >= 0.6 is 11.8 Å². The van der Waals surface area contributed by atoms with E-state index in [1.54, 1.807) is 42.2 Å². The van der Waals surface area contributed by atoms with Crippen molar-refractivity contribution in [3.8, 4) is 11.5 Å². The van der Waals surface area contributed by atoms with Gasteiger partial charge in [0.2, 0.25) is 0 Å². The summed E-state index contributed by atoms with van der Waals surface area (Å²) in [5, 5.41) is 19.1. The Morgan fingerprint density at radius 3 is 2.29 bits per heavy atom. The van der Waals surface area contributed by atoms with E-state index in [1.807, 2.05) is 26.0 Å². The normalized spacial score (nSPS) is 15.4. The van der Waals surface area contributed by atoms with Crippen LogP contribution in [0.5, 0.6) is 11.5 Å². The summed E-state index contributed by atoms with van der Waals surface area (Å²) in [6.45, 7) is 3.89. The summed E-state index contributed by atoms with van der Waals surface area (Å²) in [7, 11) is 0. The van der Waals surface area contributed by atoms with E-state index >= 15 is 0 Å². The van der Waals surface area contributed by atoms with Gasteiger partial charge in [-0.1, -0.05) is 36.0 Å². The number of benzene rings is 3. The van der Waals surface area contributed by atoms with Crippen LogP contribution in [0.4, 0.5) is 24.5 Å². The van der Waals surface area contributed by atoms with Gasteiger partial charge in [-0.25, -0.2) is 9.98 Å². The van der Waals surface area contributed by atoms with Gasteiger partial charge in [-0.3, -0.25) is 0 Å². The molecule has 0 atom stereocenters. The molecule has 12 heteroatoms. The van der Waals surface area contributed by atoms with Crippen LogP contribution in [0, 0.1) is 13.8 Å². The SMILES string of the molecule is Cc1cc(O)cc(C)c1N1CS/C1=N/N=C\c1ccc(C(N)=NC=Nc2ccc(OC(F)(F)F)cc2)cc1. The highest BCUT2D eigenvalue weighted by atomic mass is 32.2. The van der Waals surface area contributed by atoms with E-state index in [4.69, 9.17) is 5.73 Å². The lowest BCUT2D eigenvalue weighted by Crippen LogP contribution is -2.39. The Bertz CT molecular complexity index is 1400. The average molecular weight is 541 g/mol. The third-order valence-corrected chi connectivity index (χ3v) is 6.28. The maximum Gasteiger partial charge on any atom is 0.573 e. The second kappa shape index (κ2) is 11.4. The summed E-state index contributed by atoms with van der Waals surface area (Å²) in [5.41, 5.74) is 10.8. The van der Waals surface area contributed by atoms with Gasteiger partial charge in [0.1, 0.15) is 23.7 Å². The van der Waals surface area contributed by atoms with Crippen LogP contribution in [-0.4, -0.2) is 40.9 Å². The first-order chi connectivity index (χ1) is 18.1. The molecule has 0 radical (unpaired) electrons. The van der Waals surface area contributed by atoms with E-state index in [2.05, 4.69) is 29.8 Å². The molecule has 0 spiro atoms. The standard InChI is InChI=1S/C26H23F3N6O2S/c1-16-11-21(36)12-17(2)23(16)35-15-38-25(35)34-33-13-18-3-5-19(6-4-18)24(30)32-14-31-20-7-9-22(10-8-20)37-26(27,28)29/h3-14,36H,15H2,1-2H3,(H2,30,31,32)/b33-13-,34-25+. The molecule has 3 N–H and O–H groups in total. The van der Waals surface area contributed by atoms with E-state index in [9.17, 15) is 18.3 Å². The van der Waals surface area contributed by atoms with Crippen LogP contribution in [0.15, 0.2) is 80.9 Å². The van der Waals surface area contributed by atoms with Gasteiger partial charge in [0, 0.05) is 11.3 Å². The monoisotopic (exact) mass is 540 g/mol. The van der Waals surface area contributed by atoms with E-state index < -0.39 is 6.36 Å². The Morgan fingerprint density at radius 1 is 1.05 bits per heavy atom. The molecule has 0 aliphatic carbocycles. The molecule has 1 aliphatic rings. The van der Waals surface area contributed by atoms with Crippen molar-refractivity contribution in [1.82, 2.24) is 0 Å². The molecule has 38 heavy (non-hydrogen) atoms. The molecule has 0 unspecified atom stereocenters. The molecule has 0 saturated carbocycles. The van der Waals surface area contributed by atoms with Crippen molar-refractivity contribution in [1.29, 1.82) is 0 Å². The van der Waals surface area contributed by atoms with Gasteiger partial charge < -0.3 is 20.5 Å². The molecule has 4 rings (SSSR count). The predicted octanol–water partition coefficient (Wildman–Crippen LogP) is 5.87. The number of aryl methyl sites for hydroxylation is 2. The largest absolute Gasteiger partial charge is 0.573 e. The zero-order chi connectivity index (χ0) is 27.3. The van der Waals surface area contributed by atoms with Crippen LogP contribution in [0.3, 0.4) is 0 Å². The second-order valence-electron chi connectivity index (χ2n) is 8.18. The number of amidine groups is 2. The summed E-state index contributed by atoms with van der Waals surface area (Å²) in [4.78, 5) is 10.2. The first-order valence-corrected chi connectivity index (χ1v) is 12.2. The minimum atomic E-state index is -4.75. The average Bonchev–Trinajstić information content (AvgIpc) is 2.83. The van der Waals surface area contributed by atoms with Gasteiger partial charge in [-0.05, 0) is 66.9 Å². The molecule has 1 heterocycles. The lowest BCUT2D eigenvalue weighted by Gasteiger charge is -2.35. The third kappa shape index (κ3) is 6.91. The molecule has 1 fully saturated rings. The second-order valence-corrected chi connectivity index (χ2v) is 9.09. The van der Waals surface area contributed by atoms with Gasteiger partial charge in [-0.2, -0.15) is 5.10 Å². The van der Waals surface area contributed by atoms with Gasteiger partial charge >= 0.3 is 6.36 Å². The zero-order valence-corrected chi connectivity index (χ0v) is 21.2. The number of aliphatic imine (C=N–C) groups is 2. The summed E-state index contributed by atoms with van der Waals surface area (Å²) in [6, 6.07) is 15.7. The molecule has 0 amide bonds. The van der Waals surface area contributed by atoms with E-state index in [1.165, 1.54) is 18.5 Å². The Morgan fingerprint density at radius 2 is 1.71 bits per heavy atom. The fourth-order valence-electron chi connectivity index (χ4n) is 3.64. The molecule has 1 aliphatic heterocycles. The lowest BCUT2D eigenvalue weighted by molar-refractivity contribution is -0.274. The number of thioether (sulfide) groups is 1. The van der Waals surface area contributed by atoms with E-state index in [-0.39, 0.29) is 17.3 Å². The summed E-state index contributed by atoms with van der Waals surface area (Å²) >= 11 is 1.58. The summed E-state index contributed by atoms with van der Waals surface area (Å²) in [6.07, 6.45) is -1.89. The van der Waals surface area contributed by atoms with E-state index in [0.29, 0.717) is 11.3 Å². The van der Waals surface area contributed by atoms with Crippen molar-refractivity contribution in [3.05, 3.63) is 82.9 Å².